The summed E-state index contributed by atoms with van der Waals surface area (Å²) in [5.74, 6) is 0. The van der Waals surface area contributed by atoms with E-state index in [1.807, 2.05) is 0 Å². The molecule has 0 unspecified atom stereocenters. The van der Waals surface area contributed by atoms with Crippen molar-refractivity contribution in [2.75, 3.05) is 0 Å². The van der Waals surface area contributed by atoms with Crippen molar-refractivity contribution in [2.45, 2.75) is 0 Å². The largest absolute Gasteiger partial charge is 0.455 e. The Kier molecular flexibility index (Phi) is 10.7. The van der Waals surface area contributed by atoms with E-state index in [0.717, 1.165) is 60.4 Å². The zero-order chi connectivity index (χ0) is 61.3. The smallest absolute Gasteiger partial charge is 0.143 e. The average molecular weight is 1190 g/mol. The Balaban J connectivity index is 0.690. The first-order valence-corrected chi connectivity index (χ1v) is 32.5. The SMILES string of the molecule is c1ccc2c(c1)cc(-c1c3ccccc3c(-c3ccc4c(c3)oc3c5ccccc5c5c(-c6ccc7cc(-c8c9ccccc9c(-c9ccc%10c(c9)oc9c%11ccccc%11c%11ccccc%11c%109)c9ccccc89)ccc7c6)cccc5c43)c3ccccc13)c1ccccc12. The molecule has 21 aromatic rings. The molecule has 2 nitrogen and oxygen atoms in total. The van der Waals surface area contributed by atoms with Crippen LogP contribution < -0.4 is 0 Å². The highest BCUT2D eigenvalue weighted by Crippen LogP contribution is 2.52. The molecule has 0 saturated heterocycles. The lowest BCUT2D eigenvalue weighted by Gasteiger charge is -2.19. The van der Waals surface area contributed by atoms with E-state index < -0.39 is 0 Å². The fourth-order valence-corrected chi connectivity index (χ4v) is 16.8. The Bertz CT molecular complexity index is 6800. The van der Waals surface area contributed by atoms with Gasteiger partial charge in [-0.15, -0.1) is 0 Å². The second-order valence-corrected chi connectivity index (χ2v) is 25.5. The molecule has 2 heteroatoms. The molecule has 0 aliphatic carbocycles. The first-order chi connectivity index (χ1) is 46.6. The molecule has 0 saturated carbocycles. The van der Waals surface area contributed by atoms with E-state index in [9.17, 15) is 0 Å². The number of furan rings is 2. The van der Waals surface area contributed by atoms with Crippen molar-refractivity contribution < 1.29 is 8.83 Å². The lowest BCUT2D eigenvalue weighted by molar-refractivity contribution is 0.672. The highest BCUT2D eigenvalue weighted by molar-refractivity contribution is 6.35. The Labute approximate surface area is 539 Å². The van der Waals surface area contributed by atoms with Crippen LogP contribution >= 0.6 is 0 Å². The lowest BCUT2D eigenvalue weighted by Crippen LogP contribution is -1.92. The number of rotatable bonds is 5. The quantitative estimate of drug-likeness (QED) is 0.127. The Morgan fingerprint density at radius 2 is 0.500 bits per heavy atom. The molecule has 0 fully saturated rings. The first kappa shape index (κ1) is 51.4. The van der Waals surface area contributed by atoms with E-state index in [0.29, 0.717) is 0 Å². The average Bonchev–Trinajstić information content (AvgIpc) is 1.40. The van der Waals surface area contributed by atoms with Crippen molar-refractivity contribution in [3.63, 3.8) is 0 Å². The fraction of sp³-hybridized carbons (Fsp3) is 0. The van der Waals surface area contributed by atoms with Gasteiger partial charge in [0.05, 0.1) is 0 Å². The summed E-state index contributed by atoms with van der Waals surface area (Å²) in [5.41, 5.74) is 15.6. The number of fused-ring (bicyclic) bond motifs is 24. The standard InChI is InChI=1S/C92H52O2/c1-2-21-60-55(20-1)50-81(65-25-4-3-22-62(60)65)88-73-33-14-12-31-71(73)86(72-32-13-15-34-74(72)88)59-45-47-79-83(52-59)94-92-77-37-18-16-35-75(77)87-61(38-19-39-80(87)90(79)92)56-42-40-54-49-57(43-41-53(54)48-56)84-67-27-8-10-29-69(67)85(70-30-11-9-28-68(70)84)58-44-46-78-82(51-58)93-91-76-36-17-6-24-64(76)63-23-5-7-26-66(63)89(78)91/h1-52H. The van der Waals surface area contributed by atoms with Crippen LogP contribution in [0.15, 0.2) is 324 Å². The van der Waals surface area contributed by atoms with Crippen LogP contribution in [0.4, 0.5) is 0 Å². The monoisotopic (exact) mass is 1190 g/mol. The van der Waals surface area contributed by atoms with Gasteiger partial charge in [-0.3, -0.25) is 0 Å². The molecule has 19 aromatic carbocycles. The molecular weight excluding hydrogens is 1140 g/mol. The van der Waals surface area contributed by atoms with E-state index in [-0.39, 0.29) is 0 Å². The number of benzene rings is 19. The van der Waals surface area contributed by atoms with Gasteiger partial charge in [0.1, 0.15) is 22.3 Å². The second kappa shape index (κ2) is 19.6. The molecule has 0 bridgehead atoms. The second-order valence-electron chi connectivity index (χ2n) is 25.5. The molecule has 0 N–H and O–H groups in total. The number of hydrogen-bond donors (Lipinski definition) is 0. The van der Waals surface area contributed by atoms with Crippen LogP contribution in [-0.4, -0.2) is 0 Å². The summed E-state index contributed by atoms with van der Waals surface area (Å²) in [6.07, 6.45) is 0. The van der Waals surface area contributed by atoms with Crippen LogP contribution in [0.2, 0.25) is 0 Å². The van der Waals surface area contributed by atoms with E-state index in [1.54, 1.807) is 0 Å². The zero-order valence-corrected chi connectivity index (χ0v) is 50.8. The van der Waals surface area contributed by atoms with Crippen molar-refractivity contribution in [3.8, 4) is 55.6 Å². The molecule has 0 atom stereocenters. The van der Waals surface area contributed by atoms with Crippen LogP contribution in [-0.2, 0) is 0 Å². The van der Waals surface area contributed by atoms with Gasteiger partial charge in [0.2, 0.25) is 0 Å². The Morgan fingerprint density at radius 3 is 1.02 bits per heavy atom. The highest BCUT2D eigenvalue weighted by atomic mass is 16.3. The third-order valence-electron chi connectivity index (χ3n) is 20.7. The predicted octanol–water partition coefficient (Wildman–Crippen LogP) is 26.5. The molecular formula is C92H52O2. The first-order valence-electron chi connectivity index (χ1n) is 32.5. The van der Waals surface area contributed by atoms with Gasteiger partial charge in [-0.1, -0.05) is 273 Å². The van der Waals surface area contributed by atoms with Crippen molar-refractivity contribution >= 4 is 162 Å². The third-order valence-corrected chi connectivity index (χ3v) is 20.7. The lowest BCUT2D eigenvalue weighted by atomic mass is 9.83. The summed E-state index contributed by atoms with van der Waals surface area (Å²) in [7, 11) is 0. The van der Waals surface area contributed by atoms with Crippen LogP contribution in [0.1, 0.15) is 0 Å². The molecule has 0 aliphatic rings. The Hall–Kier alpha value is -12.4. The molecule has 2 aromatic heterocycles. The molecule has 94 heavy (non-hydrogen) atoms. The summed E-state index contributed by atoms with van der Waals surface area (Å²) in [5, 5.41) is 31.2. The van der Waals surface area contributed by atoms with Crippen LogP contribution in [0.5, 0.6) is 0 Å². The minimum absolute atomic E-state index is 0.872. The van der Waals surface area contributed by atoms with Crippen molar-refractivity contribution in [1.29, 1.82) is 0 Å². The van der Waals surface area contributed by atoms with Crippen LogP contribution in [0.3, 0.4) is 0 Å². The van der Waals surface area contributed by atoms with E-state index in [1.165, 1.54) is 158 Å². The van der Waals surface area contributed by atoms with E-state index in [4.69, 9.17) is 8.83 Å². The van der Waals surface area contributed by atoms with E-state index in [2.05, 4.69) is 315 Å². The normalized spacial score (nSPS) is 12.3. The van der Waals surface area contributed by atoms with Crippen LogP contribution in [0, 0.1) is 0 Å². The van der Waals surface area contributed by atoms with Crippen LogP contribution in [0.25, 0.3) is 218 Å². The van der Waals surface area contributed by atoms with Crippen molar-refractivity contribution in [1.82, 2.24) is 0 Å². The predicted molar refractivity (Wildman–Crippen MR) is 401 cm³/mol. The van der Waals surface area contributed by atoms with Gasteiger partial charge < -0.3 is 8.83 Å². The van der Waals surface area contributed by atoms with Crippen molar-refractivity contribution in [3.05, 3.63) is 315 Å². The molecule has 0 aliphatic heterocycles. The molecule has 2 heterocycles. The maximum Gasteiger partial charge on any atom is 0.143 e. The van der Waals surface area contributed by atoms with Gasteiger partial charge in [0.25, 0.3) is 0 Å². The number of hydrogen-bond acceptors (Lipinski definition) is 2. The fourth-order valence-electron chi connectivity index (χ4n) is 16.8. The van der Waals surface area contributed by atoms with E-state index >= 15 is 0 Å². The molecule has 21 rings (SSSR count). The van der Waals surface area contributed by atoms with Gasteiger partial charge >= 0.3 is 0 Å². The summed E-state index contributed by atoms with van der Waals surface area (Å²) in [4.78, 5) is 0. The van der Waals surface area contributed by atoms with Crippen molar-refractivity contribution in [2.24, 2.45) is 0 Å². The van der Waals surface area contributed by atoms with Gasteiger partial charge in [-0.2, -0.15) is 0 Å². The Morgan fingerprint density at radius 1 is 0.160 bits per heavy atom. The molecule has 432 valence electrons. The van der Waals surface area contributed by atoms with Gasteiger partial charge in [0, 0.05) is 32.3 Å². The topological polar surface area (TPSA) is 26.3 Å². The zero-order valence-electron chi connectivity index (χ0n) is 50.8. The molecule has 0 amide bonds. The summed E-state index contributed by atoms with van der Waals surface area (Å²) in [6.45, 7) is 0. The van der Waals surface area contributed by atoms with Gasteiger partial charge in [-0.05, 0) is 206 Å². The molecule has 0 radical (unpaired) electrons. The summed E-state index contributed by atoms with van der Waals surface area (Å²) < 4.78 is 14.2. The van der Waals surface area contributed by atoms with Gasteiger partial charge in [0.15, 0.2) is 0 Å². The minimum atomic E-state index is 0.872. The maximum absolute atomic E-state index is 7.22. The summed E-state index contributed by atoms with van der Waals surface area (Å²) >= 11 is 0. The highest BCUT2D eigenvalue weighted by Gasteiger charge is 2.25. The van der Waals surface area contributed by atoms with Gasteiger partial charge in [-0.25, -0.2) is 0 Å². The summed E-state index contributed by atoms with van der Waals surface area (Å²) in [6, 6.07) is 117. The minimum Gasteiger partial charge on any atom is -0.455 e. The maximum atomic E-state index is 7.22. The molecule has 0 spiro atoms. The third kappa shape index (κ3) is 7.25.